The molecule has 9 nitrogen and oxygen atoms in total. The largest absolute Gasteiger partial charge is 0.393 e. The zero-order valence-electron chi connectivity index (χ0n) is 17.6. The summed E-state index contributed by atoms with van der Waals surface area (Å²) in [5, 5.41) is 28.3. The Bertz CT molecular complexity index is 867. The summed E-state index contributed by atoms with van der Waals surface area (Å²) in [6, 6.07) is 10.3. The van der Waals surface area contributed by atoms with Crippen LogP contribution in [0.5, 0.6) is 0 Å². The van der Waals surface area contributed by atoms with Crippen molar-refractivity contribution in [2.75, 3.05) is 23.3 Å². The molecule has 4 rings (SSSR count). The molecule has 9 heteroatoms. The fraction of sp³-hybridized carbons (Fsp3) is 0.545. The van der Waals surface area contributed by atoms with Gasteiger partial charge in [-0.25, -0.2) is 4.98 Å². The second-order valence-corrected chi connectivity index (χ2v) is 8.40. The normalized spacial score (nSPS) is 22.1. The van der Waals surface area contributed by atoms with Gasteiger partial charge in [0.15, 0.2) is 0 Å². The van der Waals surface area contributed by atoms with Gasteiger partial charge in [0.25, 0.3) is 0 Å². The first-order valence-electron chi connectivity index (χ1n) is 11.1. The van der Waals surface area contributed by atoms with E-state index in [1.807, 2.05) is 30.3 Å². The quantitative estimate of drug-likeness (QED) is 0.457. The van der Waals surface area contributed by atoms with Gasteiger partial charge in [-0.2, -0.15) is 4.98 Å². The molecule has 0 amide bonds. The lowest BCUT2D eigenvalue weighted by Gasteiger charge is -2.35. The van der Waals surface area contributed by atoms with E-state index in [9.17, 15) is 15.2 Å². The van der Waals surface area contributed by atoms with Crippen LogP contribution in [0, 0.1) is 10.1 Å². The summed E-state index contributed by atoms with van der Waals surface area (Å²) in [6.07, 6.45) is 6.03. The number of hydrogen-bond acceptors (Lipinski definition) is 8. The van der Waals surface area contributed by atoms with Crippen LogP contribution in [0.4, 0.5) is 17.5 Å². The minimum absolute atomic E-state index is 0.0703. The molecular weight excluding hydrogens is 396 g/mol. The van der Waals surface area contributed by atoms with Crippen molar-refractivity contribution < 1.29 is 10.0 Å². The molecule has 2 aromatic rings. The average molecular weight is 427 g/mol. The second kappa shape index (κ2) is 10.0. The number of aliphatic hydroxyl groups excluding tert-OH is 1. The molecule has 1 aromatic carbocycles. The number of benzene rings is 1. The van der Waals surface area contributed by atoms with E-state index in [1.165, 1.54) is 6.20 Å². The summed E-state index contributed by atoms with van der Waals surface area (Å²) in [5.74, 6) is 0.781. The van der Waals surface area contributed by atoms with E-state index >= 15 is 0 Å². The highest BCUT2D eigenvalue weighted by Gasteiger charge is 2.30. The van der Waals surface area contributed by atoms with Crippen LogP contribution in [-0.2, 0) is 6.54 Å². The van der Waals surface area contributed by atoms with E-state index in [0.717, 1.165) is 57.2 Å². The van der Waals surface area contributed by atoms with Gasteiger partial charge < -0.3 is 20.6 Å². The number of nitro groups is 1. The highest BCUT2D eigenvalue weighted by atomic mass is 16.6. The van der Waals surface area contributed by atoms with Gasteiger partial charge in [-0.05, 0) is 57.2 Å². The Kier molecular flexibility index (Phi) is 6.93. The van der Waals surface area contributed by atoms with Crippen molar-refractivity contribution >= 4 is 17.5 Å². The Morgan fingerprint density at radius 2 is 1.84 bits per heavy atom. The summed E-state index contributed by atoms with van der Waals surface area (Å²) < 4.78 is 0. The van der Waals surface area contributed by atoms with Gasteiger partial charge in [-0.3, -0.25) is 10.1 Å². The number of aromatic nitrogens is 2. The SMILES string of the molecule is O=[N+]([O-])c1cnc(NC2CCC(O)CC2)nc1N(Cc1ccccc1)C1CCNCC1. The van der Waals surface area contributed by atoms with Crippen LogP contribution < -0.4 is 15.5 Å². The van der Waals surface area contributed by atoms with Crippen LogP contribution in [0.15, 0.2) is 36.5 Å². The smallest absolute Gasteiger partial charge is 0.329 e. The van der Waals surface area contributed by atoms with Crippen molar-refractivity contribution in [2.45, 2.75) is 63.3 Å². The number of hydrogen-bond donors (Lipinski definition) is 3. The zero-order valence-corrected chi connectivity index (χ0v) is 17.6. The number of anilines is 2. The van der Waals surface area contributed by atoms with E-state index in [-0.39, 0.29) is 23.9 Å². The molecule has 1 aliphatic heterocycles. The molecule has 2 aliphatic rings. The molecule has 1 aromatic heterocycles. The second-order valence-electron chi connectivity index (χ2n) is 8.40. The maximum atomic E-state index is 11.8. The molecule has 166 valence electrons. The molecule has 0 bridgehead atoms. The minimum atomic E-state index is -0.394. The lowest BCUT2D eigenvalue weighted by molar-refractivity contribution is -0.384. The van der Waals surface area contributed by atoms with Crippen LogP contribution >= 0.6 is 0 Å². The minimum Gasteiger partial charge on any atom is -0.393 e. The van der Waals surface area contributed by atoms with Crippen molar-refractivity contribution in [3.05, 3.63) is 52.2 Å². The van der Waals surface area contributed by atoms with Gasteiger partial charge in [-0.15, -0.1) is 0 Å². The van der Waals surface area contributed by atoms with Crippen LogP contribution in [-0.4, -0.2) is 51.3 Å². The molecule has 0 unspecified atom stereocenters. The summed E-state index contributed by atoms with van der Waals surface area (Å²) in [4.78, 5) is 22.4. The highest BCUT2D eigenvalue weighted by molar-refractivity contribution is 5.60. The van der Waals surface area contributed by atoms with Crippen LogP contribution in [0.3, 0.4) is 0 Å². The summed E-state index contributed by atoms with van der Waals surface area (Å²) in [7, 11) is 0. The van der Waals surface area contributed by atoms with Crippen LogP contribution in [0.25, 0.3) is 0 Å². The molecule has 2 fully saturated rings. The molecule has 3 N–H and O–H groups in total. The Hall–Kier alpha value is -2.78. The number of rotatable bonds is 7. The number of nitrogens with zero attached hydrogens (tertiary/aromatic N) is 4. The van der Waals surface area contributed by atoms with E-state index in [1.54, 1.807) is 0 Å². The Morgan fingerprint density at radius 1 is 1.13 bits per heavy atom. The molecule has 1 saturated carbocycles. The van der Waals surface area contributed by atoms with Crippen molar-refractivity contribution in [3.63, 3.8) is 0 Å². The third-order valence-corrected chi connectivity index (χ3v) is 6.19. The van der Waals surface area contributed by atoms with Crippen molar-refractivity contribution in [3.8, 4) is 0 Å². The van der Waals surface area contributed by atoms with E-state index in [2.05, 4.69) is 25.5 Å². The Morgan fingerprint density at radius 3 is 2.52 bits per heavy atom. The lowest BCUT2D eigenvalue weighted by Crippen LogP contribution is -2.43. The maximum absolute atomic E-state index is 11.8. The molecule has 31 heavy (non-hydrogen) atoms. The fourth-order valence-corrected chi connectivity index (χ4v) is 4.45. The topological polar surface area (TPSA) is 116 Å². The zero-order chi connectivity index (χ0) is 21.6. The van der Waals surface area contributed by atoms with Gasteiger partial charge in [0.2, 0.25) is 11.8 Å². The maximum Gasteiger partial charge on any atom is 0.329 e. The van der Waals surface area contributed by atoms with Gasteiger partial charge in [0.1, 0.15) is 6.20 Å². The van der Waals surface area contributed by atoms with Crippen molar-refractivity contribution in [2.24, 2.45) is 0 Å². The predicted octanol–water partition coefficient (Wildman–Crippen LogP) is 2.86. The van der Waals surface area contributed by atoms with Gasteiger partial charge in [0, 0.05) is 18.6 Å². The fourth-order valence-electron chi connectivity index (χ4n) is 4.45. The number of nitrogens with one attached hydrogen (secondary N) is 2. The third-order valence-electron chi connectivity index (χ3n) is 6.19. The molecule has 1 saturated heterocycles. The standard InChI is InChI=1S/C22H30N6O3/c29-19-8-6-17(7-9-19)25-22-24-14-20(28(30)31)21(26-22)27(18-10-12-23-13-11-18)15-16-4-2-1-3-5-16/h1-5,14,17-19,23,29H,6-13,15H2,(H,24,25,26). The molecule has 0 spiro atoms. The first-order valence-corrected chi connectivity index (χ1v) is 11.1. The van der Waals surface area contributed by atoms with Crippen LogP contribution in [0.2, 0.25) is 0 Å². The van der Waals surface area contributed by atoms with E-state index < -0.39 is 4.92 Å². The molecule has 1 aliphatic carbocycles. The van der Waals surface area contributed by atoms with E-state index in [4.69, 9.17) is 0 Å². The molecular formula is C22H30N6O3. The molecule has 2 heterocycles. The lowest BCUT2D eigenvalue weighted by atomic mass is 9.93. The van der Waals surface area contributed by atoms with Crippen LogP contribution in [0.1, 0.15) is 44.1 Å². The number of aliphatic hydroxyl groups is 1. The highest BCUT2D eigenvalue weighted by Crippen LogP contribution is 2.32. The Labute approximate surface area is 182 Å². The van der Waals surface area contributed by atoms with Gasteiger partial charge >= 0.3 is 5.69 Å². The molecule has 0 radical (unpaired) electrons. The summed E-state index contributed by atoms with van der Waals surface area (Å²) in [5.41, 5.74) is 1.02. The van der Waals surface area contributed by atoms with Gasteiger partial charge in [0.05, 0.1) is 11.0 Å². The van der Waals surface area contributed by atoms with E-state index in [0.29, 0.717) is 18.3 Å². The Balaban J connectivity index is 1.64. The average Bonchev–Trinajstić information content (AvgIpc) is 2.80. The molecule has 0 atom stereocenters. The van der Waals surface area contributed by atoms with Crippen molar-refractivity contribution in [1.29, 1.82) is 0 Å². The first kappa shape index (κ1) is 21.5. The third kappa shape index (κ3) is 5.48. The van der Waals surface area contributed by atoms with Crippen molar-refractivity contribution in [1.82, 2.24) is 15.3 Å². The number of piperidine rings is 1. The monoisotopic (exact) mass is 426 g/mol. The predicted molar refractivity (Wildman–Crippen MR) is 119 cm³/mol. The van der Waals surface area contributed by atoms with Gasteiger partial charge in [-0.1, -0.05) is 30.3 Å². The summed E-state index contributed by atoms with van der Waals surface area (Å²) in [6.45, 7) is 2.31. The first-order chi connectivity index (χ1) is 15.1. The summed E-state index contributed by atoms with van der Waals surface area (Å²) >= 11 is 0.